The van der Waals surface area contributed by atoms with Gasteiger partial charge in [-0.15, -0.1) is 0 Å². The standard InChI is InChI=1S/C14H18N4O2/c1-3-18(9(2)13(15)19)8-12-16-11-7-5-4-6-10(11)14(20)17-12/h4-7,9H,3,8H2,1-2H3,(H2,15,19)(H,16,17,20). The Balaban J connectivity index is 2.34. The molecular weight excluding hydrogens is 256 g/mol. The summed E-state index contributed by atoms with van der Waals surface area (Å²) in [5, 5.41) is 0.558. The second kappa shape index (κ2) is 5.83. The number of carbonyl (C=O) groups excluding carboxylic acids is 1. The summed E-state index contributed by atoms with van der Waals surface area (Å²) in [6, 6.07) is 6.75. The molecular formula is C14H18N4O2. The van der Waals surface area contributed by atoms with Crippen molar-refractivity contribution in [3.8, 4) is 0 Å². The van der Waals surface area contributed by atoms with Gasteiger partial charge in [-0.1, -0.05) is 19.1 Å². The molecule has 3 N–H and O–H groups in total. The molecule has 1 heterocycles. The Morgan fingerprint density at radius 3 is 2.80 bits per heavy atom. The molecule has 0 aliphatic heterocycles. The quantitative estimate of drug-likeness (QED) is 0.836. The van der Waals surface area contributed by atoms with E-state index in [4.69, 9.17) is 5.73 Å². The lowest BCUT2D eigenvalue weighted by atomic mass is 10.2. The van der Waals surface area contributed by atoms with E-state index in [0.717, 1.165) is 0 Å². The van der Waals surface area contributed by atoms with Gasteiger partial charge in [0.2, 0.25) is 5.91 Å². The van der Waals surface area contributed by atoms with E-state index < -0.39 is 11.9 Å². The van der Waals surface area contributed by atoms with Crippen LogP contribution >= 0.6 is 0 Å². The Morgan fingerprint density at radius 2 is 2.15 bits per heavy atom. The van der Waals surface area contributed by atoms with Crippen LogP contribution in [0.4, 0.5) is 0 Å². The SMILES string of the molecule is CCN(Cc1nc2ccccc2c(=O)[nH]1)C(C)C(N)=O. The molecule has 2 rings (SSSR count). The van der Waals surface area contributed by atoms with Gasteiger partial charge in [0.05, 0.1) is 23.5 Å². The Bertz CT molecular complexity index is 680. The lowest BCUT2D eigenvalue weighted by molar-refractivity contribution is -0.122. The Labute approximate surface area is 116 Å². The van der Waals surface area contributed by atoms with Gasteiger partial charge in [-0.2, -0.15) is 0 Å². The third-order valence-corrected chi connectivity index (χ3v) is 3.38. The number of H-pyrrole nitrogens is 1. The van der Waals surface area contributed by atoms with E-state index >= 15 is 0 Å². The third kappa shape index (κ3) is 2.85. The zero-order chi connectivity index (χ0) is 14.7. The monoisotopic (exact) mass is 274 g/mol. The molecule has 0 aliphatic rings. The maximum atomic E-state index is 12.0. The smallest absolute Gasteiger partial charge is 0.258 e. The van der Waals surface area contributed by atoms with Crippen LogP contribution in [0.25, 0.3) is 10.9 Å². The van der Waals surface area contributed by atoms with E-state index in [1.54, 1.807) is 25.1 Å². The Hall–Kier alpha value is -2.21. The first-order valence-corrected chi connectivity index (χ1v) is 6.54. The predicted molar refractivity (Wildman–Crippen MR) is 77.1 cm³/mol. The van der Waals surface area contributed by atoms with Crippen LogP contribution in [0.5, 0.6) is 0 Å². The second-order valence-corrected chi connectivity index (χ2v) is 4.67. The molecule has 1 aromatic carbocycles. The molecule has 1 unspecified atom stereocenters. The molecule has 20 heavy (non-hydrogen) atoms. The fourth-order valence-corrected chi connectivity index (χ4v) is 2.10. The minimum Gasteiger partial charge on any atom is -0.368 e. The third-order valence-electron chi connectivity index (χ3n) is 3.38. The number of hydrogen-bond donors (Lipinski definition) is 2. The van der Waals surface area contributed by atoms with Crippen molar-refractivity contribution in [3.63, 3.8) is 0 Å². The minimum absolute atomic E-state index is 0.173. The molecule has 0 spiro atoms. The van der Waals surface area contributed by atoms with Crippen molar-refractivity contribution < 1.29 is 4.79 Å². The molecule has 0 aliphatic carbocycles. The normalized spacial score (nSPS) is 12.8. The molecule has 0 saturated carbocycles. The zero-order valence-corrected chi connectivity index (χ0v) is 11.6. The Kier molecular flexibility index (Phi) is 4.14. The summed E-state index contributed by atoms with van der Waals surface area (Å²) in [6.07, 6.45) is 0. The number of aromatic nitrogens is 2. The maximum absolute atomic E-state index is 12.0. The minimum atomic E-state index is -0.406. The van der Waals surface area contributed by atoms with Crippen LogP contribution in [0.2, 0.25) is 0 Å². The Morgan fingerprint density at radius 1 is 1.45 bits per heavy atom. The van der Waals surface area contributed by atoms with Gasteiger partial charge >= 0.3 is 0 Å². The van der Waals surface area contributed by atoms with E-state index in [1.807, 2.05) is 17.9 Å². The number of nitrogens with zero attached hydrogens (tertiary/aromatic N) is 2. The number of aromatic amines is 1. The number of carbonyl (C=O) groups is 1. The predicted octanol–water partition coefficient (Wildman–Crippen LogP) is 0.619. The number of nitrogens with one attached hydrogen (secondary N) is 1. The molecule has 1 atom stereocenters. The van der Waals surface area contributed by atoms with Crippen LogP contribution in [-0.4, -0.2) is 33.4 Å². The summed E-state index contributed by atoms with van der Waals surface area (Å²) in [7, 11) is 0. The van der Waals surface area contributed by atoms with Gasteiger partial charge in [0, 0.05) is 0 Å². The van der Waals surface area contributed by atoms with E-state index in [9.17, 15) is 9.59 Å². The summed E-state index contributed by atoms with van der Waals surface area (Å²) in [5.74, 6) is 0.138. The van der Waals surface area contributed by atoms with Crippen molar-refractivity contribution in [3.05, 3.63) is 40.4 Å². The number of likely N-dealkylation sites (N-methyl/N-ethyl adjacent to an activating group) is 1. The number of rotatable bonds is 5. The van der Waals surface area contributed by atoms with Crippen molar-refractivity contribution in [1.29, 1.82) is 0 Å². The molecule has 6 heteroatoms. The average molecular weight is 274 g/mol. The molecule has 0 saturated heterocycles. The van der Waals surface area contributed by atoms with Crippen molar-refractivity contribution in [1.82, 2.24) is 14.9 Å². The van der Waals surface area contributed by atoms with Gasteiger partial charge in [0.1, 0.15) is 5.82 Å². The van der Waals surface area contributed by atoms with Crippen LogP contribution in [0.3, 0.4) is 0 Å². The van der Waals surface area contributed by atoms with E-state index in [0.29, 0.717) is 29.8 Å². The van der Waals surface area contributed by atoms with Crippen molar-refractivity contribution >= 4 is 16.8 Å². The largest absolute Gasteiger partial charge is 0.368 e. The molecule has 2 aromatic rings. The van der Waals surface area contributed by atoms with E-state index in [1.165, 1.54) is 0 Å². The highest BCUT2D eigenvalue weighted by molar-refractivity contribution is 5.79. The van der Waals surface area contributed by atoms with Gasteiger partial charge in [-0.05, 0) is 25.6 Å². The summed E-state index contributed by atoms with van der Waals surface area (Å²) < 4.78 is 0. The van der Waals surface area contributed by atoms with E-state index in [-0.39, 0.29) is 5.56 Å². The number of amides is 1. The van der Waals surface area contributed by atoms with Gasteiger partial charge < -0.3 is 10.7 Å². The van der Waals surface area contributed by atoms with Crippen LogP contribution in [-0.2, 0) is 11.3 Å². The fourth-order valence-electron chi connectivity index (χ4n) is 2.10. The van der Waals surface area contributed by atoms with Crippen molar-refractivity contribution in [2.45, 2.75) is 26.4 Å². The molecule has 0 fully saturated rings. The second-order valence-electron chi connectivity index (χ2n) is 4.67. The number of benzene rings is 1. The van der Waals surface area contributed by atoms with Crippen LogP contribution < -0.4 is 11.3 Å². The first-order chi connectivity index (χ1) is 9.52. The number of fused-ring (bicyclic) bond motifs is 1. The molecule has 1 amide bonds. The summed E-state index contributed by atoms with van der Waals surface area (Å²) in [4.78, 5) is 32.2. The van der Waals surface area contributed by atoms with Crippen LogP contribution in [0.15, 0.2) is 29.1 Å². The van der Waals surface area contributed by atoms with Crippen LogP contribution in [0, 0.1) is 0 Å². The lowest BCUT2D eigenvalue weighted by Gasteiger charge is -2.24. The van der Waals surface area contributed by atoms with E-state index in [2.05, 4.69) is 9.97 Å². The lowest BCUT2D eigenvalue weighted by Crippen LogP contribution is -2.42. The molecule has 1 aromatic heterocycles. The molecule has 0 bridgehead atoms. The van der Waals surface area contributed by atoms with Gasteiger partial charge in [-0.3, -0.25) is 14.5 Å². The maximum Gasteiger partial charge on any atom is 0.258 e. The van der Waals surface area contributed by atoms with Crippen molar-refractivity contribution in [2.24, 2.45) is 5.73 Å². The summed E-state index contributed by atoms with van der Waals surface area (Å²) in [6.45, 7) is 4.69. The zero-order valence-electron chi connectivity index (χ0n) is 11.6. The number of nitrogens with two attached hydrogens (primary N) is 1. The number of hydrogen-bond acceptors (Lipinski definition) is 4. The molecule has 106 valence electrons. The van der Waals surface area contributed by atoms with Crippen LogP contribution in [0.1, 0.15) is 19.7 Å². The highest BCUT2D eigenvalue weighted by Gasteiger charge is 2.18. The topological polar surface area (TPSA) is 92.1 Å². The summed E-state index contributed by atoms with van der Waals surface area (Å²) >= 11 is 0. The van der Waals surface area contributed by atoms with Gasteiger partial charge in [0.25, 0.3) is 5.56 Å². The molecule has 0 radical (unpaired) electrons. The first kappa shape index (κ1) is 14.2. The fraction of sp³-hybridized carbons (Fsp3) is 0.357. The van der Waals surface area contributed by atoms with Gasteiger partial charge in [0.15, 0.2) is 0 Å². The number of primary amides is 1. The number of para-hydroxylation sites is 1. The highest BCUT2D eigenvalue weighted by Crippen LogP contribution is 2.08. The first-order valence-electron chi connectivity index (χ1n) is 6.54. The van der Waals surface area contributed by atoms with Gasteiger partial charge in [-0.25, -0.2) is 4.98 Å². The average Bonchev–Trinajstić information content (AvgIpc) is 2.44. The molecule has 6 nitrogen and oxygen atoms in total. The van der Waals surface area contributed by atoms with Crippen molar-refractivity contribution in [2.75, 3.05) is 6.54 Å². The summed E-state index contributed by atoms with van der Waals surface area (Å²) in [5.41, 5.74) is 5.79. The highest BCUT2D eigenvalue weighted by atomic mass is 16.1.